The van der Waals surface area contributed by atoms with Crippen LogP contribution in [0.4, 0.5) is 0 Å². The summed E-state index contributed by atoms with van der Waals surface area (Å²) in [6.45, 7) is 6.78. The number of esters is 1. The Hall–Kier alpha value is -0.570. The third-order valence-corrected chi connectivity index (χ3v) is 2.27. The van der Waals surface area contributed by atoms with E-state index in [-0.39, 0.29) is 5.97 Å². The molecule has 0 aliphatic rings. The number of hydrogen-bond donors (Lipinski definition) is 1. The summed E-state index contributed by atoms with van der Waals surface area (Å²) in [6.07, 6.45) is 5.18. The lowest BCUT2D eigenvalue weighted by atomic mass is 10.1. The van der Waals surface area contributed by atoms with Crippen LogP contribution in [0.3, 0.4) is 0 Å². The standard InChI is InChI=1S/C12H25NO2/c1-4-5-6-7-8-15-12(14)11(13)9-10(2)3/h10-11H,4-9,13H2,1-3H3. The Balaban J connectivity index is 3.47. The number of unbranched alkanes of at least 4 members (excludes halogenated alkanes) is 3. The largest absolute Gasteiger partial charge is 0.465 e. The Morgan fingerprint density at radius 2 is 1.93 bits per heavy atom. The summed E-state index contributed by atoms with van der Waals surface area (Å²) >= 11 is 0. The van der Waals surface area contributed by atoms with Crippen molar-refractivity contribution in [3.63, 3.8) is 0 Å². The van der Waals surface area contributed by atoms with Gasteiger partial charge in [0, 0.05) is 0 Å². The van der Waals surface area contributed by atoms with Gasteiger partial charge in [-0.3, -0.25) is 4.79 Å². The van der Waals surface area contributed by atoms with Crippen LogP contribution in [-0.2, 0) is 9.53 Å². The fourth-order valence-corrected chi connectivity index (χ4v) is 1.41. The van der Waals surface area contributed by atoms with Crippen molar-refractivity contribution < 1.29 is 9.53 Å². The molecular weight excluding hydrogens is 190 g/mol. The molecule has 1 atom stereocenters. The summed E-state index contributed by atoms with van der Waals surface area (Å²) in [7, 11) is 0. The highest BCUT2D eigenvalue weighted by Gasteiger charge is 2.15. The van der Waals surface area contributed by atoms with E-state index in [1.807, 2.05) is 13.8 Å². The molecule has 0 heterocycles. The number of carbonyl (C=O) groups is 1. The zero-order valence-corrected chi connectivity index (χ0v) is 10.3. The van der Waals surface area contributed by atoms with Crippen LogP contribution in [-0.4, -0.2) is 18.6 Å². The fourth-order valence-electron chi connectivity index (χ4n) is 1.41. The Morgan fingerprint density at radius 3 is 2.47 bits per heavy atom. The summed E-state index contributed by atoms with van der Waals surface area (Å²) in [4.78, 5) is 11.4. The maximum atomic E-state index is 11.4. The third-order valence-electron chi connectivity index (χ3n) is 2.27. The molecule has 0 aromatic rings. The van der Waals surface area contributed by atoms with E-state index >= 15 is 0 Å². The highest BCUT2D eigenvalue weighted by molar-refractivity contribution is 5.75. The lowest BCUT2D eigenvalue weighted by molar-refractivity contribution is -0.145. The van der Waals surface area contributed by atoms with E-state index < -0.39 is 6.04 Å². The minimum Gasteiger partial charge on any atom is -0.465 e. The van der Waals surface area contributed by atoms with Gasteiger partial charge in [0.15, 0.2) is 0 Å². The maximum absolute atomic E-state index is 11.4. The van der Waals surface area contributed by atoms with E-state index in [0.717, 1.165) is 12.8 Å². The maximum Gasteiger partial charge on any atom is 0.322 e. The molecule has 0 spiro atoms. The minimum absolute atomic E-state index is 0.250. The molecule has 0 radical (unpaired) electrons. The molecule has 0 aliphatic carbocycles. The second-order valence-electron chi connectivity index (χ2n) is 4.46. The van der Waals surface area contributed by atoms with Gasteiger partial charge in [0.05, 0.1) is 6.61 Å². The van der Waals surface area contributed by atoms with Crippen LogP contribution < -0.4 is 5.73 Å². The number of rotatable bonds is 8. The molecule has 0 rings (SSSR count). The van der Waals surface area contributed by atoms with Gasteiger partial charge in [-0.15, -0.1) is 0 Å². The second-order valence-corrected chi connectivity index (χ2v) is 4.46. The first kappa shape index (κ1) is 14.4. The first-order chi connectivity index (χ1) is 7.07. The van der Waals surface area contributed by atoms with Gasteiger partial charge in [-0.1, -0.05) is 40.0 Å². The van der Waals surface area contributed by atoms with Crippen molar-refractivity contribution >= 4 is 5.97 Å². The Kier molecular flexibility index (Phi) is 8.38. The molecule has 15 heavy (non-hydrogen) atoms. The first-order valence-electron chi connectivity index (χ1n) is 6.00. The van der Waals surface area contributed by atoms with Crippen LogP contribution in [0, 0.1) is 5.92 Å². The molecule has 0 aromatic heterocycles. The molecule has 0 amide bonds. The Labute approximate surface area is 93.4 Å². The van der Waals surface area contributed by atoms with Gasteiger partial charge in [-0.2, -0.15) is 0 Å². The molecule has 0 saturated carbocycles. The molecule has 1 unspecified atom stereocenters. The van der Waals surface area contributed by atoms with Crippen molar-refractivity contribution in [3.8, 4) is 0 Å². The number of nitrogens with two attached hydrogens (primary N) is 1. The molecule has 90 valence electrons. The summed E-state index contributed by atoms with van der Waals surface area (Å²) < 4.78 is 5.09. The van der Waals surface area contributed by atoms with Gasteiger partial charge in [0.25, 0.3) is 0 Å². The van der Waals surface area contributed by atoms with Gasteiger partial charge >= 0.3 is 5.97 Å². The van der Waals surface area contributed by atoms with Gasteiger partial charge in [-0.05, 0) is 18.8 Å². The Bertz CT molecular complexity index is 169. The van der Waals surface area contributed by atoms with Crippen LogP contribution in [0.2, 0.25) is 0 Å². The van der Waals surface area contributed by atoms with Gasteiger partial charge in [0.2, 0.25) is 0 Å². The predicted octanol–water partition coefficient (Wildman–Crippen LogP) is 2.48. The fraction of sp³-hybridized carbons (Fsp3) is 0.917. The van der Waals surface area contributed by atoms with Crippen LogP contribution in [0.5, 0.6) is 0 Å². The van der Waals surface area contributed by atoms with E-state index in [4.69, 9.17) is 10.5 Å². The van der Waals surface area contributed by atoms with Gasteiger partial charge in [0.1, 0.15) is 6.04 Å². The minimum atomic E-state index is -0.448. The highest BCUT2D eigenvalue weighted by atomic mass is 16.5. The second kappa shape index (κ2) is 8.72. The zero-order chi connectivity index (χ0) is 11.7. The normalized spacial score (nSPS) is 12.9. The van der Waals surface area contributed by atoms with Crippen molar-refractivity contribution in [2.24, 2.45) is 11.7 Å². The zero-order valence-electron chi connectivity index (χ0n) is 10.3. The number of hydrogen-bond acceptors (Lipinski definition) is 3. The molecule has 0 bridgehead atoms. The monoisotopic (exact) mass is 215 g/mol. The molecule has 0 aliphatic heterocycles. The van der Waals surface area contributed by atoms with Crippen molar-refractivity contribution in [1.29, 1.82) is 0 Å². The van der Waals surface area contributed by atoms with E-state index in [1.54, 1.807) is 0 Å². The molecule has 0 fully saturated rings. The summed E-state index contributed by atoms with van der Waals surface area (Å²) in [5, 5.41) is 0. The van der Waals surface area contributed by atoms with Crippen molar-refractivity contribution in [1.82, 2.24) is 0 Å². The Morgan fingerprint density at radius 1 is 1.27 bits per heavy atom. The molecule has 3 nitrogen and oxygen atoms in total. The van der Waals surface area contributed by atoms with E-state index in [0.29, 0.717) is 18.9 Å². The van der Waals surface area contributed by atoms with Crippen LogP contribution >= 0.6 is 0 Å². The van der Waals surface area contributed by atoms with Crippen LogP contribution in [0.25, 0.3) is 0 Å². The molecular formula is C12H25NO2. The SMILES string of the molecule is CCCCCCOC(=O)C(N)CC(C)C. The summed E-state index contributed by atoms with van der Waals surface area (Å²) in [5.41, 5.74) is 5.68. The van der Waals surface area contributed by atoms with E-state index in [2.05, 4.69) is 6.92 Å². The quantitative estimate of drug-likeness (QED) is 0.500. The summed E-state index contributed by atoms with van der Waals surface area (Å²) in [5.74, 6) is 0.188. The predicted molar refractivity (Wildman–Crippen MR) is 62.5 cm³/mol. The molecule has 3 heteroatoms. The summed E-state index contributed by atoms with van der Waals surface area (Å²) in [6, 6.07) is -0.448. The number of ether oxygens (including phenoxy) is 1. The first-order valence-corrected chi connectivity index (χ1v) is 6.00. The smallest absolute Gasteiger partial charge is 0.322 e. The van der Waals surface area contributed by atoms with Crippen molar-refractivity contribution in [2.45, 2.75) is 58.9 Å². The average molecular weight is 215 g/mol. The molecule has 0 saturated heterocycles. The average Bonchev–Trinajstić information content (AvgIpc) is 2.16. The third kappa shape index (κ3) is 8.43. The lowest BCUT2D eigenvalue weighted by Crippen LogP contribution is -2.33. The van der Waals surface area contributed by atoms with Crippen molar-refractivity contribution in [3.05, 3.63) is 0 Å². The van der Waals surface area contributed by atoms with Gasteiger partial charge < -0.3 is 10.5 Å². The lowest BCUT2D eigenvalue weighted by Gasteiger charge is -2.13. The highest BCUT2D eigenvalue weighted by Crippen LogP contribution is 2.05. The van der Waals surface area contributed by atoms with Crippen LogP contribution in [0.1, 0.15) is 52.9 Å². The van der Waals surface area contributed by atoms with Crippen LogP contribution in [0.15, 0.2) is 0 Å². The number of carbonyl (C=O) groups excluding carboxylic acids is 1. The van der Waals surface area contributed by atoms with E-state index in [1.165, 1.54) is 12.8 Å². The molecule has 0 aromatic carbocycles. The topological polar surface area (TPSA) is 52.3 Å². The molecule has 2 N–H and O–H groups in total. The van der Waals surface area contributed by atoms with Gasteiger partial charge in [-0.25, -0.2) is 0 Å². The van der Waals surface area contributed by atoms with Crippen molar-refractivity contribution in [2.75, 3.05) is 6.61 Å². The van der Waals surface area contributed by atoms with E-state index in [9.17, 15) is 4.79 Å².